The fourth-order valence-corrected chi connectivity index (χ4v) is 6.00. The summed E-state index contributed by atoms with van der Waals surface area (Å²) in [5.41, 5.74) is 2.05. The summed E-state index contributed by atoms with van der Waals surface area (Å²) in [5.74, 6) is -0.125. The van der Waals surface area contributed by atoms with Gasteiger partial charge in [-0.05, 0) is 11.1 Å². The fourth-order valence-electron chi connectivity index (χ4n) is 3.51. The third-order valence-electron chi connectivity index (χ3n) is 5.29. The van der Waals surface area contributed by atoms with Crippen LogP contribution in [0.2, 0.25) is 13.1 Å². The first-order chi connectivity index (χ1) is 12.5. The lowest BCUT2D eigenvalue weighted by molar-refractivity contribution is 0.160. The van der Waals surface area contributed by atoms with Crippen LogP contribution in [0.25, 0.3) is 0 Å². The molecule has 0 spiro atoms. The normalized spacial score (nSPS) is 13.8. The summed E-state index contributed by atoms with van der Waals surface area (Å²) >= 11 is 0. The standard InChI is InChI=1S/C24H26OSi/c1-19(26(2,3)22-17-11-6-12-18-22)23(20-13-7-4-8-14-20)24(25)21-15-9-5-10-16-21/h4-18,23-25H,1H2,2-3H3/t23-,24+/m0/s1. The average Bonchev–Trinajstić information content (AvgIpc) is 2.70. The van der Waals surface area contributed by atoms with Gasteiger partial charge in [-0.3, -0.25) is 0 Å². The zero-order valence-corrected chi connectivity index (χ0v) is 16.5. The van der Waals surface area contributed by atoms with Crippen LogP contribution in [0.1, 0.15) is 23.1 Å². The number of rotatable bonds is 6. The molecule has 0 heterocycles. The summed E-state index contributed by atoms with van der Waals surface area (Å²) in [5, 5.41) is 13.8. The Morgan fingerprint density at radius 2 is 1.15 bits per heavy atom. The van der Waals surface area contributed by atoms with Gasteiger partial charge in [0.2, 0.25) is 0 Å². The molecule has 1 N–H and O–H groups in total. The zero-order valence-electron chi connectivity index (χ0n) is 15.5. The van der Waals surface area contributed by atoms with Crippen LogP contribution in [0.5, 0.6) is 0 Å². The van der Waals surface area contributed by atoms with Crippen LogP contribution in [0.3, 0.4) is 0 Å². The first kappa shape index (κ1) is 18.4. The molecule has 0 unspecified atom stereocenters. The summed E-state index contributed by atoms with van der Waals surface area (Å²) in [4.78, 5) is 0. The maximum absolute atomic E-state index is 11.3. The van der Waals surface area contributed by atoms with Crippen LogP contribution in [0, 0.1) is 0 Å². The Labute approximate surface area is 157 Å². The van der Waals surface area contributed by atoms with E-state index in [9.17, 15) is 5.11 Å². The minimum absolute atomic E-state index is 0.125. The van der Waals surface area contributed by atoms with Crippen molar-refractivity contribution in [3.05, 3.63) is 114 Å². The van der Waals surface area contributed by atoms with E-state index < -0.39 is 14.2 Å². The number of benzene rings is 3. The monoisotopic (exact) mass is 358 g/mol. The average molecular weight is 359 g/mol. The van der Waals surface area contributed by atoms with Gasteiger partial charge in [0.25, 0.3) is 0 Å². The molecule has 0 radical (unpaired) electrons. The van der Waals surface area contributed by atoms with Gasteiger partial charge in [0.05, 0.1) is 6.10 Å². The van der Waals surface area contributed by atoms with Gasteiger partial charge >= 0.3 is 0 Å². The molecule has 0 aliphatic rings. The summed E-state index contributed by atoms with van der Waals surface area (Å²) in [6.45, 7) is 9.16. The molecule has 0 aromatic heterocycles. The van der Waals surface area contributed by atoms with Gasteiger partial charge in [0.15, 0.2) is 0 Å². The van der Waals surface area contributed by atoms with Crippen molar-refractivity contribution in [1.29, 1.82) is 0 Å². The SMILES string of the molecule is C=C([C@@H](c1ccccc1)[C@H](O)c1ccccc1)[Si](C)(C)c1ccccc1. The van der Waals surface area contributed by atoms with E-state index in [0.29, 0.717) is 0 Å². The second-order valence-corrected chi connectivity index (χ2v) is 11.7. The van der Waals surface area contributed by atoms with Gasteiger partial charge in [-0.2, -0.15) is 0 Å². The van der Waals surface area contributed by atoms with Crippen molar-refractivity contribution >= 4 is 13.3 Å². The molecule has 3 aromatic carbocycles. The number of hydrogen-bond acceptors (Lipinski definition) is 1. The van der Waals surface area contributed by atoms with Crippen LogP contribution < -0.4 is 5.19 Å². The molecule has 0 bridgehead atoms. The van der Waals surface area contributed by atoms with E-state index in [1.54, 1.807) is 0 Å². The molecule has 1 nitrogen and oxygen atoms in total. The lowest BCUT2D eigenvalue weighted by atomic mass is 9.89. The molecule has 2 heteroatoms. The molecular weight excluding hydrogens is 332 g/mol. The van der Waals surface area contributed by atoms with Gasteiger partial charge in [-0.1, -0.05) is 114 Å². The highest BCUT2D eigenvalue weighted by atomic mass is 28.3. The van der Waals surface area contributed by atoms with Gasteiger partial charge in [-0.25, -0.2) is 0 Å². The Balaban J connectivity index is 2.05. The van der Waals surface area contributed by atoms with Gasteiger partial charge in [-0.15, -0.1) is 6.58 Å². The summed E-state index contributed by atoms with van der Waals surface area (Å²) in [7, 11) is -1.98. The molecule has 132 valence electrons. The summed E-state index contributed by atoms with van der Waals surface area (Å²) in [6.07, 6.45) is -0.610. The first-order valence-corrected chi connectivity index (χ1v) is 12.0. The zero-order chi connectivity index (χ0) is 18.6. The Morgan fingerprint density at radius 3 is 1.65 bits per heavy atom. The van der Waals surface area contributed by atoms with E-state index in [1.807, 2.05) is 54.6 Å². The number of aliphatic hydroxyl groups excluding tert-OH is 1. The Hall–Kier alpha value is -2.42. The molecule has 0 saturated carbocycles. The molecule has 26 heavy (non-hydrogen) atoms. The van der Waals surface area contributed by atoms with Crippen LogP contribution in [-0.4, -0.2) is 13.2 Å². The van der Waals surface area contributed by atoms with Crippen molar-refractivity contribution in [3.8, 4) is 0 Å². The first-order valence-electron chi connectivity index (χ1n) is 9.04. The van der Waals surface area contributed by atoms with E-state index >= 15 is 0 Å². The topological polar surface area (TPSA) is 20.2 Å². The van der Waals surface area contributed by atoms with Crippen LogP contribution >= 0.6 is 0 Å². The minimum atomic E-state index is -1.98. The molecule has 0 fully saturated rings. The van der Waals surface area contributed by atoms with Gasteiger partial charge < -0.3 is 5.11 Å². The number of hydrogen-bond donors (Lipinski definition) is 1. The molecule has 3 aromatic rings. The highest BCUT2D eigenvalue weighted by Crippen LogP contribution is 2.39. The summed E-state index contributed by atoms with van der Waals surface area (Å²) < 4.78 is 0. The van der Waals surface area contributed by atoms with Crippen molar-refractivity contribution in [2.24, 2.45) is 0 Å². The summed E-state index contributed by atoms with van der Waals surface area (Å²) in [6, 6.07) is 30.8. The minimum Gasteiger partial charge on any atom is -0.387 e. The lowest BCUT2D eigenvalue weighted by Gasteiger charge is -2.35. The largest absolute Gasteiger partial charge is 0.387 e. The van der Waals surface area contributed by atoms with Crippen LogP contribution in [0.4, 0.5) is 0 Å². The van der Waals surface area contributed by atoms with Crippen molar-refractivity contribution in [2.75, 3.05) is 0 Å². The maximum Gasteiger partial charge on any atom is 0.107 e. The molecule has 3 rings (SSSR count). The molecule has 0 saturated heterocycles. The highest BCUT2D eigenvalue weighted by Gasteiger charge is 2.36. The third-order valence-corrected chi connectivity index (χ3v) is 8.98. The molecule has 0 amide bonds. The van der Waals surface area contributed by atoms with Crippen molar-refractivity contribution in [3.63, 3.8) is 0 Å². The van der Waals surface area contributed by atoms with Gasteiger partial charge in [0, 0.05) is 5.92 Å². The second-order valence-electron chi connectivity index (χ2n) is 7.26. The van der Waals surface area contributed by atoms with Crippen molar-refractivity contribution in [2.45, 2.75) is 25.1 Å². The van der Waals surface area contributed by atoms with E-state index in [-0.39, 0.29) is 5.92 Å². The smallest absolute Gasteiger partial charge is 0.107 e. The van der Waals surface area contributed by atoms with Crippen LogP contribution in [-0.2, 0) is 0 Å². The predicted molar refractivity (Wildman–Crippen MR) is 113 cm³/mol. The van der Waals surface area contributed by atoms with E-state index in [4.69, 9.17) is 0 Å². The maximum atomic E-state index is 11.3. The van der Waals surface area contributed by atoms with Crippen molar-refractivity contribution in [1.82, 2.24) is 0 Å². The van der Waals surface area contributed by atoms with E-state index in [1.165, 1.54) is 5.19 Å². The second kappa shape index (κ2) is 7.86. The number of aliphatic hydroxyl groups is 1. The Kier molecular flexibility index (Phi) is 5.55. The Morgan fingerprint density at radius 1 is 0.731 bits per heavy atom. The van der Waals surface area contributed by atoms with E-state index in [2.05, 4.69) is 56.1 Å². The molecule has 0 aliphatic carbocycles. The van der Waals surface area contributed by atoms with Crippen molar-refractivity contribution < 1.29 is 5.11 Å². The predicted octanol–water partition coefficient (Wildman–Crippen LogP) is 5.21. The molecule has 0 aliphatic heterocycles. The third kappa shape index (κ3) is 3.72. The lowest BCUT2D eigenvalue weighted by Crippen LogP contribution is -2.46. The van der Waals surface area contributed by atoms with Crippen LogP contribution in [0.15, 0.2) is 103 Å². The Bertz CT molecular complexity index is 841. The molecular formula is C24H26OSi. The quantitative estimate of drug-likeness (QED) is 0.599. The van der Waals surface area contributed by atoms with E-state index in [0.717, 1.165) is 16.3 Å². The molecule has 2 atom stereocenters. The van der Waals surface area contributed by atoms with Gasteiger partial charge in [0.1, 0.15) is 8.07 Å². The fraction of sp³-hybridized carbons (Fsp3) is 0.167. The highest BCUT2D eigenvalue weighted by molar-refractivity contribution is 6.95.